The maximum atomic E-state index is 13.2. The molecule has 9 heteroatoms. The van der Waals surface area contributed by atoms with Gasteiger partial charge in [-0.2, -0.15) is 0 Å². The SMILES string of the molecule is CC(C)c1noc2nc(C3CC3)cc(C(=O)NCC(=O)N3CCN(c4cccc(Cl)c4)CC3)c12. The van der Waals surface area contributed by atoms with Crippen molar-refractivity contribution in [2.75, 3.05) is 37.6 Å². The molecule has 1 saturated carbocycles. The second-order valence-electron chi connectivity index (χ2n) is 9.30. The first-order valence-electron chi connectivity index (χ1n) is 11.8. The van der Waals surface area contributed by atoms with Crippen LogP contribution in [-0.4, -0.2) is 59.6 Å². The van der Waals surface area contributed by atoms with Crippen molar-refractivity contribution in [1.29, 1.82) is 0 Å². The molecule has 1 N–H and O–H groups in total. The molecule has 0 bridgehead atoms. The fraction of sp³-hybridized carbons (Fsp3) is 0.440. The van der Waals surface area contributed by atoms with Crippen molar-refractivity contribution in [2.45, 2.75) is 38.5 Å². The molecule has 5 rings (SSSR count). The number of aromatic nitrogens is 2. The lowest BCUT2D eigenvalue weighted by atomic mass is 10.0. The molecule has 1 saturated heterocycles. The minimum absolute atomic E-state index is 0.0547. The summed E-state index contributed by atoms with van der Waals surface area (Å²) in [4.78, 5) is 34.6. The van der Waals surface area contributed by atoms with Crippen molar-refractivity contribution in [3.8, 4) is 0 Å². The zero-order chi connectivity index (χ0) is 23.8. The van der Waals surface area contributed by atoms with Crippen molar-refractivity contribution in [1.82, 2.24) is 20.4 Å². The Morgan fingerprint density at radius 2 is 1.94 bits per heavy atom. The lowest BCUT2D eigenvalue weighted by molar-refractivity contribution is -0.130. The van der Waals surface area contributed by atoms with Gasteiger partial charge < -0.3 is 19.6 Å². The molecule has 2 amide bonds. The second-order valence-corrected chi connectivity index (χ2v) is 9.74. The molecule has 34 heavy (non-hydrogen) atoms. The van der Waals surface area contributed by atoms with Crippen LogP contribution in [0.25, 0.3) is 11.1 Å². The molecule has 1 aliphatic carbocycles. The fourth-order valence-corrected chi connectivity index (χ4v) is 4.59. The summed E-state index contributed by atoms with van der Waals surface area (Å²) in [5.41, 5.74) is 3.49. The number of nitrogens with one attached hydrogen (secondary N) is 1. The molecule has 0 unspecified atom stereocenters. The minimum Gasteiger partial charge on any atom is -0.368 e. The van der Waals surface area contributed by atoms with Crippen LogP contribution in [0.4, 0.5) is 5.69 Å². The highest BCUT2D eigenvalue weighted by Crippen LogP contribution is 2.41. The zero-order valence-electron chi connectivity index (χ0n) is 19.4. The van der Waals surface area contributed by atoms with E-state index in [0.29, 0.717) is 59.5 Å². The van der Waals surface area contributed by atoms with Gasteiger partial charge in [0.15, 0.2) is 0 Å². The van der Waals surface area contributed by atoms with E-state index in [1.54, 1.807) is 4.90 Å². The molecule has 8 nitrogen and oxygen atoms in total. The van der Waals surface area contributed by atoms with Crippen molar-refractivity contribution in [2.24, 2.45) is 0 Å². The Balaban J connectivity index is 1.25. The van der Waals surface area contributed by atoms with Gasteiger partial charge in [0.25, 0.3) is 11.6 Å². The van der Waals surface area contributed by atoms with E-state index in [-0.39, 0.29) is 24.3 Å². The Labute approximate surface area is 203 Å². The molecule has 0 radical (unpaired) electrons. The number of fused-ring (bicyclic) bond motifs is 1. The molecular weight excluding hydrogens is 454 g/mol. The predicted molar refractivity (Wildman–Crippen MR) is 130 cm³/mol. The Hall–Kier alpha value is -3.13. The van der Waals surface area contributed by atoms with Gasteiger partial charge >= 0.3 is 0 Å². The van der Waals surface area contributed by atoms with Gasteiger partial charge in [0.05, 0.1) is 23.2 Å². The Kier molecular flexibility index (Phi) is 6.16. The molecular formula is C25H28ClN5O3. The topological polar surface area (TPSA) is 91.6 Å². The van der Waals surface area contributed by atoms with Crippen molar-refractivity contribution in [3.63, 3.8) is 0 Å². The highest BCUT2D eigenvalue weighted by molar-refractivity contribution is 6.30. The standard InChI is InChI=1S/C25H28ClN5O3/c1-15(2)23-22-19(13-20(16-6-7-16)28-25(22)34-29-23)24(33)27-14-21(32)31-10-8-30(9-11-31)18-5-3-4-17(26)12-18/h3-5,12-13,15-16H,6-11,14H2,1-2H3,(H,27,33). The van der Waals surface area contributed by atoms with E-state index in [1.165, 1.54) is 0 Å². The minimum atomic E-state index is -0.301. The number of carbonyl (C=O) groups is 2. The number of piperazine rings is 1. The normalized spacial score (nSPS) is 16.4. The van der Waals surface area contributed by atoms with Gasteiger partial charge in [-0.25, -0.2) is 4.98 Å². The molecule has 3 heterocycles. The Morgan fingerprint density at radius 1 is 1.18 bits per heavy atom. The number of halogens is 1. The summed E-state index contributed by atoms with van der Waals surface area (Å²) in [7, 11) is 0. The highest BCUT2D eigenvalue weighted by atomic mass is 35.5. The first kappa shape index (κ1) is 22.7. The number of amides is 2. The third kappa shape index (κ3) is 4.59. The van der Waals surface area contributed by atoms with Crippen molar-refractivity contribution < 1.29 is 14.1 Å². The quantitative estimate of drug-likeness (QED) is 0.573. The Bertz CT molecular complexity index is 1230. The van der Waals surface area contributed by atoms with E-state index in [0.717, 1.165) is 24.2 Å². The van der Waals surface area contributed by atoms with Gasteiger partial charge in [0.2, 0.25) is 5.91 Å². The number of carbonyl (C=O) groups excluding carboxylic acids is 2. The molecule has 1 aromatic carbocycles. The van der Waals surface area contributed by atoms with Gasteiger partial charge in [0, 0.05) is 48.5 Å². The van der Waals surface area contributed by atoms with Crippen molar-refractivity contribution >= 4 is 40.2 Å². The van der Waals surface area contributed by atoms with Gasteiger partial charge in [-0.15, -0.1) is 0 Å². The number of anilines is 1. The maximum Gasteiger partial charge on any atom is 0.259 e. The summed E-state index contributed by atoms with van der Waals surface area (Å²) in [5, 5.41) is 8.32. The number of rotatable bonds is 6. The zero-order valence-corrected chi connectivity index (χ0v) is 20.1. The van der Waals surface area contributed by atoms with Crippen LogP contribution >= 0.6 is 11.6 Å². The van der Waals surface area contributed by atoms with Gasteiger partial charge in [-0.1, -0.05) is 36.7 Å². The first-order chi connectivity index (χ1) is 16.4. The van der Waals surface area contributed by atoms with Crippen LogP contribution < -0.4 is 10.2 Å². The molecule has 0 atom stereocenters. The molecule has 2 aliphatic rings. The lowest BCUT2D eigenvalue weighted by Gasteiger charge is -2.36. The summed E-state index contributed by atoms with van der Waals surface area (Å²) in [6.45, 7) is 6.56. The number of nitrogens with zero attached hydrogens (tertiary/aromatic N) is 4. The summed E-state index contributed by atoms with van der Waals surface area (Å²) < 4.78 is 5.47. The van der Waals surface area contributed by atoms with E-state index in [4.69, 9.17) is 16.1 Å². The van der Waals surface area contributed by atoms with Crippen LogP contribution in [0.1, 0.15) is 60.3 Å². The molecule has 2 fully saturated rings. The Morgan fingerprint density at radius 3 is 2.62 bits per heavy atom. The average Bonchev–Trinajstić information content (AvgIpc) is 3.60. The van der Waals surface area contributed by atoms with Crippen LogP contribution in [0.3, 0.4) is 0 Å². The van der Waals surface area contributed by atoms with Crippen LogP contribution in [0.5, 0.6) is 0 Å². The van der Waals surface area contributed by atoms with Crippen LogP contribution in [0, 0.1) is 0 Å². The molecule has 3 aromatic rings. The van der Waals surface area contributed by atoms with E-state index in [1.807, 2.05) is 44.2 Å². The summed E-state index contributed by atoms with van der Waals surface area (Å²) in [6, 6.07) is 9.57. The van der Waals surface area contributed by atoms with E-state index < -0.39 is 0 Å². The fourth-order valence-electron chi connectivity index (χ4n) is 4.40. The number of hydrogen-bond donors (Lipinski definition) is 1. The van der Waals surface area contributed by atoms with E-state index >= 15 is 0 Å². The third-order valence-electron chi connectivity index (χ3n) is 6.49. The lowest BCUT2D eigenvalue weighted by Crippen LogP contribution is -2.51. The highest BCUT2D eigenvalue weighted by Gasteiger charge is 2.30. The number of hydrogen-bond acceptors (Lipinski definition) is 6. The number of benzene rings is 1. The largest absolute Gasteiger partial charge is 0.368 e. The summed E-state index contributed by atoms with van der Waals surface area (Å²) >= 11 is 6.11. The monoisotopic (exact) mass is 481 g/mol. The predicted octanol–water partition coefficient (Wildman–Crippen LogP) is 3.96. The molecule has 178 valence electrons. The van der Waals surface area contributed by atoms with Gasteiger partial charge in [0.1, 0.15) is 0 Å². The van der Waals surface area contributed by atoms with Crippen molar-refractivity contribution in [3.05, 3.63) is 52.3 Å². The van der Waals surface area contributed by atoms with Crippen LogP contribution in [0.2, 0.25) is 5.02 Å². The summed E-state index contributed by atoms with van der Waals surface area (Å²) in [5.74, 6) is 0.0475. The molecule has 0 spiro atoms. The smallest absolute Gasteiger partial charge is 0.259 e. The summed E-state index contributed by atoms with van der Waals surface area (Å²) in [6.07, 6.45) is 2.12. The maximum absolute atomic E-state index is 13.2. The number of pyridine rings is 1. The van der Waals surface area contributed by atoms with Gasteiger partial charge in [-0.3, -0.25) is 9.59 Å². The first-order valence-corrected chi connectivity index (χ1v) is 12.1. The molecule has 2 aromatic heterocycles. The van der Waals surface area contributed by atoms with E-state index in [2.05, 4.69) is 20.4 Å². The second kappa shape index (κ2) is 9.25. The van der Waals surface area contributed by atoms with E-state index in [9.17, 15) is 9.59 Å². The van der Waals surface area contributed by atoms with Gasteiger partial charge in [-0.05, 0) is 43.0 Å². The van der Waals surface area contributed by atoms with Crippen LogP contribution in [-0.2, 0) is 4.79 Å². The third-order valence-corrected chi connectivity index (χ3v) is 6.72. The van der Waals surface area contributed by atoms with Crippen LogP contribution in [0.15, 0.2) is 34.9 Å². The average molecular weight is 482 g/mol. The molecule has 1 aliphatic heterocycles.